The van der Waals surface area contributed by atoms with Crippen LogP contribution in [0.25, 0.3) is 17.1 Å². The number of hydrogen-bond acceptors (Lipinski definition) is 6. The number of hydrogen-bond donors (Lipinski definition) is 2. The largest absolute Gasteiger partial charge is 0.467 e. The van der Waals surface area contributed by atoms with Crippen molar-refractivity contribution in [2.75, 3.05) is 5.75 Å². The molecule has 4 aromatic rings. The molecule has 0 atom stereocenters. The lowest BCUT2D eigenvalue weighted by Crippen LogP contribution is -2.39. The molecule has 0 fully saturated rings. The van der Waals surface area contributed by atoms with Gasteiger partial charge in [-0.25, -0.2) is 13.6 Å². The van der Waals surface area contributed by atoms with Crippen LogP contribution in [-0.2, 0) is 11.3 Å². The molecule has 33 heavy (non-hydrogen) atoms. The summed E-state index contributed by atoms with van der Waals surface area (Å²) in [5, 5.41) is 13.1. The maximum Gasteiger partial charge on any atom is 0.321 e. The van der Waals surface area contributed by atoms with Crippen molar-refractivity contribution >= 4 is 23.7 Å². The Hall–Kier alpha value is -3.99. The van der Waals surface area contributed by atoms with Gasteiger partial charge in [0.25, 0.3) is 0 Å². The molecule has 3 amide bonds. The number of thioether (sulfide) groups is 1. The van der Waals surface area contributed by atoms with Crippen LogP contribution in [0.4, 0.5) is 13.6 Å². The normalized spacial score (nSPS) is 10.7. The van der Waals surface area contributed by atoms with Crippen molar-refractivity contribution in [1.82, 2.24) is 25.4 Å². The molecule has 0 aliphatic rings. The zero-order valence-electron chi connectivity index (χ0n) is 17.0. The number of aromatic nitrogens is 3. The molecule has 2 heterocycles. The number of imide groups is 1. The van der Waals surface area contributed by atoms with Crippen LogP contribution >= 0.6 is 11.8 Å². The molecule has 2 aromatic heterocycles. The van der Waals surface area contributed by atoms with Gasteiger partial charge in [-0.05, 0) is 24.3 Å². The summed E-state index contributed by atoms with van der Waals surface area (Å²) in [5.74, 6) is -1.46. The molecule has 0 saturated carbocycles. The van der Waals surface area contributed by atoms with E-state index in [1.54, 1.807) is 36.4 Å². The lowest BCUT2D eigenvalue weighted by molar-refractivity contribution is -0.117. The number of halogens is 2. The maximum atomic E-state index is 14.6. The summed E-state index contributed by atoms with van der Waals surface area (Å²) in [7, 11) is 0. The number of rotatable bonds is 7. The van der Waals surface area contributed by atoms with Crippen molar-refractivity contribution in [3.63, 3.8) is 0 Å². The highest BCUT2D eigenvalue weighted by atomic mass is 32.2. The van der Waals surface area contributed by atoms with Crippen molar-refractivity contribution in [2.24, 2.45) is 0 Å². The lowest BCUT2D eigenvalue weighted by Gasteiger charge is -2.11. The Balaban J connectivity index is 1.50. The number of amides is 3. The molecule has 0 aliphatic carbocycles. The SMILES string of the molecule is O=C(CSc1nnc(-c2ccccc2)n1-c1ccc(F)cc1F)NC(=O)NCc1ccco1. The molecule has 0 saturated heterocycles. The Morgan fingerprint density at radius 1 is 1.03 bits per heavy atom. The summed E-state index contributed by atoms with van der Waals surface area (Å²) in [6.07, 6.45) is 1.47. The Kier molecular flexibility index (Phi) is 6.79. The Bertz CT molecular complexity index is 1260. The highest BCUT2D eigenvalue weighted by molar-refractivity contribution is 7.99. The summed E-state index contributed by atoms with van der Waals surface area (Å²) < 4.78 is 34.6. The summed E-state index contributed by atoms with van der Waals surface area (Å²) in [5.41, 5.74) is 0.682. The van der Waals surface area contributed by atoms with E-state index in [-0.39, 0.29) is 23.1 Å². The van der Waals surface area contributed by atoms with Crippen LogP contribution in [0.1, 0.15) is 5.76 Å². The third kappa shape index (κ3) is 5.44. The third-order valence-corrected chi connectivity index (χ3v) is 5.33. The average Bonchev–Trinajstić information content (AvgIpc) is 3.47. The van der Waals surface area contributed by atoms with E-state index in [1.807, 2.05) is 6.07 Å². The Labute approximate surface area is 191 Å². The number of nitrogens with one attached hydrogen (secondary N) is 2. The van der Waals surface area contributed by atoms with Gasteiger partial charge >= 0.3 is 6.03 Å². The van der Waals surface area contributed by atoms with Crippen molar-refractivity contribution < 1.29 is 22.8 Å². The van der Waals surface area contributed by atoms with E-state index < -0.39 is 23.6 Å². The van der Waals surface area contributed by atoms with Crippen LogP contribution in [0, 0.1) is 11.6 Å². The number of urea groups is 1. The zero-order valence-corrected chi connectivity index (χ0v) is 17.8. The first-order valence-corrected chi connectivity index (χ1v) is 10.7. The number of carbonyl (C=O) groups excluding carboxylic acids is 2. The molecule has 168 valence electrons. The van der Waals surface area contributed by atoms with Gasteiger partial charge < -0.3 is 9.73 Å². The number of benzene rings is 2. The van der Waals surface area contributed by atoms with Crippen molar-refractivity contribution in [3.8, 4) is 17.1 Å². The van der Waals surface area contributed by atoms with Crippen molar-refractivity contribution in [3.05, 3.63) is 84.3 Å². The van der Waals surface area contributed by atoms with Gasteiger partial charge in [0.1, 0.15) is 17.4 Å². The second-order valence-corrected chi connectivity index (χ2v) is 7.64. The molecular weight excluding hydrogens is 452 g/mol. The predicted molar refractivity (Wildman–Crippen MR) is 117 cm³/mol. The van der Waals surface area contributed by atoms with Gasteiger partial charge in [-0.2, -0.15) is 0 Å². The maximum absolute atomic E-state index is 14.6. The fourth-order valence-corrected chi connectivity index (χ4v) is 3.68. The quantitative estimate of drug-likeness (QED) is 0.398. The van der Waals surface area contributed by atoms with Gasteiger partial charge in [-0.1, -0.05) is 42.1 Å². The molecule has 11 heteroatoms. The molecule has 0 radical (unpaired) electrons. The molecule has 8 nitrogen and oxygen atoms in total. The minimum absolute atomic E-state index is 0.0272. The number of furan rings is 1. The van der Waals surface area contributed by atoms with Crippen LogP contribution in [0.5, 0.6) is 0 Å². The summed E-state index contributed by atoms with van der Waals surface area (Å²) in [6, 6.07) is 14.8. The van der Waals surface area contributed by atoms with Crippen molar-refractivity contribution in [2.45, 2.75) is 11.7 Å². The van der Waals surface area contributed by atoms with Gasteiger partial charge in [0.05, 0.1) is 24.2 Å². The Morgan fingerprint density at radius 2 is 1.85 bits per heavy atom. The van der Waals surface area contributed by atoms with E-state index in [1.165, 1.54) is 16.9 Å². The fraction of sp³-hybridized carbons (Fsp3) is 0.0909. The molecule has 4 rings (SSSR count). The van der Waals surface area contributed by atoms with Gasteiger partial charge in [0.2, 0.25) is 5.91 Å². The van der Waals surface area contributed by atoms with Gasteiger partial charge in [-0.15, -0.1) is 10.2 Å². The Morgan fingerprint density at radius 3 is 2.58 bits per heavy atom. The third-order valence-electron chi connectivity index (χ3n) is 4.40. The van der Waals surface area contributed by atoms with Gasteiger partial charge in [-0.3, -0.25) is 14.7 Å². The monoisotopic (exact) mass is 469 g/mol. The molecule has 0 spiro atoms. The summed E-state index contributed by atoms with van der Waals surface area (Å²) in [6.45, 7) is 0.123. The molecular formula is C22H17F2N5O3S. The zero-order chi connectivity index (χ0) is 23.2. The first-order valence-electron chi connectivity index (χ1n) is 9.70. The van der Waals surface area contributed by atoms with Gasteiger partial charge in [0, 0.05) is 11.6 Å². The van der Waals surface area contributed by atoms with Crippen LogP contribution in [0.2, 0.25) is 0 Å². The van der Waals surface area contributed by atoms with E-state index >= 15 is 0 Å². The minimum Gasteiger partial charge on any atom is -0.467 e. The van der Waals surface area contributed by atoms with Crippen molar-refractivity contribution in [1.29, 1.82) is 0 Å². The van der Waals surface area contributed by atoms with E-state index in [4.69, 9.17) is 4.42 Å². The molecule has 2 aromatic carbocycles. The summed E-state index contributed by atoms with van der Waals surface area (Å²) >= 11 is 0.955. The van der Waals surface area contributed by atoms with E-state index in [2.05, 4.69) is 20.8 Å². The van der Waals surface area contributed by atoms with Crippen LogP contribution in [0.15, 0.2) is 76.5 Å². The molecule has 2 N–H and O–H groups in total. The molecule has 0 aliphatic heterocycles. The fourth-order valence-electron chi connectivity index (χ4n) is 2.93. The van der Waals surface area contributed by atoms with E-state index in [0.29, 0.717) is 17.1 Å². The molecule has 0 unspecified atom stereocenters. The highest BCUT2D eigenvalue weighted by Crippen LogP contribution is 2.29. The van der Waals surface area contributed by atoms with E-state index in [9.17, 15) is 18.4 Å². The first kappa shape index (κ1) is 22.2. The number of nitrogens with zero attached hydrogens (tertiary/aromatic N) is 3. The minimum atomic E-state index is -0.810. The predicted octanol–water partition coefficient (Wildman–Crippen LogP) is 3.92. The number of carbonyl (C=O) groups is 2. The summed E-state index contributed by atoms with van der Waals surface area (Å²) in [4.78, 5) is 24.1. The standard InChI is InChI=1S/C22H17F2N5O3S/c23-15-8-9-18(17(24)11-15)29-20(14-5-2-1-3-6-14)27-28-22(29)33-13-19(30)26-21(31)25-12-16-7-4-10-32-16/h1-11H,12-13H2,(H2,25,26,30,31). The average molecular weight is 469 g/mol. The first-order chi connectivity index (χ1) is 16.0. The second-order valence-electron chi connectivity index (χ2n) is 6.70. The second kappa shape index (κ2) is 10.1. The lowest BCUT2D eigenvalue weighted by atomic mass is 10.2. The van der Waals surface area contributed by atoms with Crippen LogP contribution < -0.4 is 10.6 Å². The van der Waals surface area contributed by atoms with E-state index in [0.717, 1.165) is 23.9 Å². The topological polar surface area (TPSA) is 102 Å². The highest BCUT2D eigenvalue weighted by Gasteiger charge is 2.20. The molecule has 0 bridgehead atoms. The van der Waals surface area contributed by atoms with Crippen LogP contribution in [0.3, 0.4) is 0 Å². The smallest absolute Gasteiger partial charge is 0.321 e. The van der Waals surface area contributed by atoms with Gasteiger partial charge in [0.15, 0.2) is 11.0 Å². The van der Waals surface area contributed by atoms with Crippen LogP contribution in [-0.4, -0.2) is 32.5 Å².